The van der Waals surface area contributed by atoms with E-state index in [1.165, 1.54) is 0 Å². The molecule has 1 atom stereocenters. The number of benzene rings is 4. The minimum atomic E-state index is -2.96. The number of carbonyl (C=O) groups excluding carboxylic acids is 1. The van der Waals surface area contributed by atoms with Crippen molar-refractivity contribution >= 4 is 72.8 Å². The predicted molar refractivity (Wildman–Crippen MR) is 237 cm³/mol. The summed E-state index contributed by atoms with van der Waals surface area (Å²) in [5.41, 5.74) is 6.24. The highest BCUT2D eigenvalue weighted by Crippen LogP contribution is 2.43. The number of aromatic nitrogens is 3. The van der Waals surface area contributed by atoms with Crippen molar-refractivity contribution in [3.63, 3.8) is 0 Å². The van der Waals surface area contributed by atoms with Crippen LogP contribution in [0.1, 0.15) is 41.9 Å². The molecular formula is C44H45Cl3N6O5S. The SMILES string of the molecule is COCCOc1ccc(N2CCC(N3CCS(=O)(=O)CC3)CC2)c(NC(=O)c2[nH]c3cc(Cl)ccc3c2-c2c(-c3ccccc3)ncn2[C@@H](C)c2ccc(Cl)cc2Cl)c1. The molecule has 2 fully saturated rings. The number of aromatic amines is 1. The number of hydrogen-bond acceptors (Lipinski definition) is 8. The van der Waals surface area contributed by atoms with E-state index in [4.69, 9.17) is 49.3 Å². The van der Waals surface area contributed by atoms with Gasteiger partial charge in [-0.15, -0.1) is 0 Å². The molecule has 0 saturated carbocycles. The van der Waals surface area contributed by atoms with Crippen molar-refractivity contribution in [2.24, 2.45) is 0 Å². The third-order valence-corrected chi connectivity index (χ3v) is 13.8. The van der Waals surface area contributed by atoms with Gasteiger partial charge in [0.1, 0.15) is 18.1 Å². The fourth-order valence-corrected chi connectivity index (χ4v) is 10.2. The molecule has 59 heavy (non-hydrogen) atoms. The number of H-pyrrole nitrogens is 1. The van der Waals surface area contributed by atoms with Crippen molar-refractivity contribution < 1.29 is 22.7 Å². The lowest BCUT2D eigenvalue weighted by Crippen LogP contribution is -2.50. The molecule has 0 aliphatic carbocycles. The monoisotopic (exact) mass is 874 g/mol. The van der Waals surface area contributed by atoms with E-state index in [0.29, 0.717) is 81.3 Å². The Bertz CT molecular complexity index is 2580. The number of ether oxygens (including phenoxy) is 2. The van der Waals surface area contributed by atoms with E-state index in [1.807, 2.05) is 90.4 Å². The highest BCUT2D eigenvalue weighted by atomic mass is 35.5. The number of hydrogen-bond donors (Lipinski definition) is 2. The van der Waals surface area contributed by atoms with Gasteiger partial charge < -0.3 is 29.2 Å². The molecule has 0 bridgehead atoms. The van der Waals surface area contributed by atoms with Gasteiger partial charge in [0.15, 0.2) is 9.84 Å². The Morgan fingerprint density at radius 2 is 1.64 bits per heavy atom. The number of anilines is 2. The van der Waals surface area contributed by atoms with E-state index in [0.717, 1.165) is 53.8 Å². The van der Waals surface area contributed by atoms with E-state index in [-0.39, 0.29) is 23.5 Å². The molecule has 2 aliphatic rings. The molecule has 4 aromatic carbocycles. The Morgan fingerprint density at radius 3 is 2.37 bits per heavy atom. The first kappa shape index (κ1) is 41.2. The highest BCUT2D eigenvalue weighted by molar-refractivity contribution is 7.91. The van der Waals surface area contributed by atoms with Crippen LogP contribution in [0.5, 0.6) is 5.75 Å². The molecule has 1 amide bonds. The van der Waals surface area contributed by atoms with Crippen LogP contribution >= 0.6 is 34.8 Å². The Balaban J connectivity index is 1.19. The standard InChI is InChI=1S/C44H45Cl3N6O5S/c1-28(34-11-8-30(45)24-36(34)47)53-27-48-41(29-6-4-3-5-7-29)43(53)40-35-12-9-31(46)25-37(35)49-42(40)44(54)50-38-26-33(58-21-20-57-2)10-13-39(38)52-16-14-32(15-17-52)51-18-22-59(55,56)23-19-51/h3-13,24-28,32,49H,14-23H2,1-2H3,(H,50,54)/t28-/m0/s1. The summed E-state index contributed by atoms with van der Waals surface area (Å²) in [6.45, 7) is 5.40. The maximum absolute atomic E-state index is 15.0. The number of halogens is 3. The van der Waals surface area contributed by atoms with Gasteiger partial charge >= 0.3 is 0 Å². The maximum atomic E-state index is 15.0. The van der Waals surface area contributed by atoms with Gasteiger partial charge in [0.2, 0.25) is 0 Å². The topological polar surface area (TPSA) is 122 Å². The first-order valence-electron chi connectivity index (χ1n) is 19.6. The number of imidazole rings is 1. The van der Waals surface area contributed by atoms with Crippen molar-refractivity contribution in [2.45, 2.75) is 31.8 Å². The van der Waals surface area contributed by atoms with Crippen LogP contribution in [-0.2, 0) is 14.6 Å². The minimum absolute atomic E-state index is 0.206. The Hall–Kier alpha value is -4.56. The summed E-state index contributed by atoms with van der Waals surface area (Å²) in [5.74, 6) is 0.637. The van der Waals surface area contributed by atoms with Gasteiger partial charge in [-0.2, -0.15) is 0 Å². The van der Waals surface area contributed by atoms with Crippen LogP contribution in [0.3, 0.4) is 0 Å². The van der Waals surface area contributed by atoms with Crippen molar-refractivity contribution in [1.29, 1.82) is 0 Å². The first-order valence-corrected chi connectivity index (χ1v) is 22.6. The molecule has 11 nitrogen and oxygen atoms in total. The summed E-state index contributed by atoms with van der Waals surface area (Å²) in [6.07, 6.45) is 3.53. The third kappa shape index (κ3) is 8.85. The smallest absolute Gasteiger partial charge is 0.272 e. The Labute approximate surface area is 359 Å². The van der Waals surface area contributed by atoms with Gasteiger partial charge in [-0.3, -0.25) is 9.69 Å². The second-order valence-corrected chi connectivity index (χ2v) is 18.6. The molecule has 0 radical (unpaired) electrons. The molecule has 308 valence electrons. The number of nitrogens with one attached hydrogen (secondary N) is 2. The Kier molecular flexibility index (Phi) is 12.3. The van der Waals surface area contributed by atoms with Crippen LogP contribution in [0.2, 0.25) is 15.1 Å². The van der Waals surface area contributed by atoms with Crippen molar-refractivity contribution in [2.75, 3.05) is 68.2 Å². The summed E-state index contributed by atoms with van der Waals surface area (Å²) in [7, 11) is -1.34. The number of rotatable bonds is 12. The molecule has 2 aliphatic heterocycles. The predicted octanol–water partition coefficient (Wildman–Crippen LogP) is 9.24. The molecule has 2 aromatic heterocycles. The number of sulfone groups is 1. The lowest BCUT2D eigenvalue weighted by atomic mass is 9.99. The van der Waals surface area contributed by atoms with Gasteiger partial charge in [0.05, 0.1) is 53.2 Å². The summed E-state index contributed by atoms with van der Waals surface area (Å²) >= 11 is 19.7. The van der Waals surface area contributed by atoms with Gasteiger partial charge in [-0.05, 0) is 61.7 Å². The van der Waals surface area contributed by atoms with Crippen LogP contribution in [-0.4, -0.2) is 97.8 Å². The second-order valence-electron chi connectivity index (χ2n) is 15.0. The maximum Gasteiger partial charge on any atom is 0.272 e. The number of amides is 1. The molecule has 8 rings (SSSR count). The molecule has 4 heterocycles. The van der Waals surface area contributed by atoms with Gasteiger partial charge in [0.25, 0.3) is 5.91 Å². The zero-order chi connectivity index (χ0) is 41.3. The van der Waals surface area contributed by atoms with E-state index < -0.39 is 9.84 Å². The number of methoxy groups -OCH3 is 1. The van der Waals surface area contributed by atoms with Crippen molar-refractivity contribution in [1.82, 2.24) is 19.4 Å². The van der Waals surface area contributed by atoms with E-state index in [1.54, 1.807) is 19.5 Å². The molecule has 0 unspecified atom stereocenters. The largest absolute Gasteiger partial charge is 0.491 e. The van der Waals surface area contributed by atoms with Crippen LogP contribution in [0.4, 0.5) is 11.4 Å². The normalized spacial score (nSPS) is 16.7. The number of piperidine rings is 1. The van der Waals surface area contributed by atoms with Gasteiger partial charge in [-0.1, -0.05) is 77.3 Å². The zero-order valence-electron chi connectivity index (χ0n) is 32.8. The summed E-state index contributed by atoms with van der Waals surface area (Å²) in [4.78, 5) is 28.0. The molecule has 2 N–H and O–H groups in total. The lowest BCUT2D eigenvalue weighted by molar-refractivity contribution is 0.102. The molecule has 0 spiro atoms. The zero-order valence-corrected chi connectivity index (χ0v) is 35.8. The van der Waals surface area contributed by atoms with Crippen molar-refractivity contribution in [3.8, 4) is 28.3 Å². The summed E-state index contributed by atoms with van der Waals surface area (Å²) in [5, 5.41) is 5.63. The fourth-order valence-electron chi connectivity index (χ4n) is 8.26. The fraction of sp³-hybridized carbons (Fsp3) is 0.318. The van der Waals surface area contributed by atoms with Gasteiger partial charge in [0, 0.05) is 82.5 Å². The van der Waals surface area contributed by atoms with E-state index in [9.17, 15) is 8.42 Å². The van der Waals surface area contributed by atoms with E-state index >= 15 is 4.79 Å². The number of nitrogens with zero attached hydrogens (tertiary/aromatic N) is 4. The molecule has 15 heteroatoms. The van der Waals surface area contributed by atoms with Crippen molar-refractivity contribution in [3.05, 3.63) is 118 Å². The summed E-state index contributed by atoms with van der Waals surface area (Å²) < 4.78 is 37.5. The Morgan fingerprint density at radius 1 is 0.915 bits per heavy atom. The van der Waals surface area contributed by atoms with Crippen LogP contribution in [0.25, 0.3) is 33.4 Å². The van der Waals surface area contributed by atoms with E-state index in [2.05, 4.69) is 20.1 Å². The highest BCUT2D eigenvalue weighted by Gasteiger charge is 2.32. The summed E-state index contributed by atoms with van der Waals surface area (Å²) in [6, 6.07) is 26.6. The third-order valence-electron chi connectivity index (χ3n) is 11.4. The quantitative estimate of drug-likeness (QED) is 0.117. The second kappa shape index (κ2) is 17.6. The number of carbonyl (C=O) groups is 1. The lowest BCUT2D eigenvalue weighted by Gasteiger charge is -2.41. The molecule has 6 aromatic rings. The average Bonchev–Trinajstić information content (AvgIpc) is 3.83. The van der Waals surface area contributed by atoms with Gasteiger partial charge in [-0.25, -0.2) is 13.4 Å². The first-order chi connectivity index (χ1) is 28.5. The molecule has 2 saturated heterocycles. The number of fused-ring (bicyclic) bond motifs is 1. The van der Waals surface area contributed by atoms with Crippen LogP contribution in [0, 0.1) is 0 Å². The van der Waals surface area contributed by atoms with Crippen LogP contribution in [0.15, 0.2) is 91.3 Å². The molecular weight excluding hydrogens is 831 g/mol. The van der Waals surface area contributed by atoms with Crippen LogP contribution < -0.4 is 15.0 Å². The minimum Gasteiger partial charge on any atom is -0.491 e. The average molecular weight is 876 g/mol.